The van der Waals surface area contributed by atoms with Crippen LogP contribution in [0.15, 0.2) is 53.4 Å². The summed E-state index contributed by atoms with van der Waals surface area (Å²) in [6.07, 6.45) is -4.02. The summed E-state index contributed by atoms with van der Waals surface area (Å²) >= 11 is 5.09. The predicted molar refractivity (Wildman–Crippen MR) is 94.1 cm³/mol. The van der Waals surface area contributed by atoms with E-state index in [9.17, 15) is 21.6 Å². The van der Waals surface area contributed by atoms with E-state index in [-0.39, 0.29) is 17.2 Å². The van der Waals surface area contributed by atoms with Gasteiger partial charge in [0.2, 0.25) is 0 Å². The first-order valence-electron chi connectivity index (χ1n) is 7.07. The maximum Gasteiger partial charge on any atom is 0.417 e. The van der Waals surface area contributed by atoms with Crippen LogP contribution in [0.2, 0.25) is 0 Å². The van der Waals surface area contributed by atoms with E-state index in [4.69, 9.17) is 12.2 Å². The van der Waals surface area contributed by atoms with Crippen LogP contribution in [-0.4, -0.2) is 19.8 Å². The van der Waals surface area contributed by atoms with Crippen molar-refractivity contribution in [3.05, 3.63) is 59.7 Å². The molecule has 25 heavy (non-hydrogen) atoms. The molecule has 2 aromatic carbocycles. The Labute approximate surface area is 149 Å². The lowest BCUT2D eigenvalue weighted by Gasteiger charge is -2.15. The second kappa shape index (κ2) is 7.40. The van der Waals surface area contributed by atoms with Crippen LogP contribution in [0.25, 0.3) is 0 Å². The molecule has 0 amide bonds. The Morgan fingerprint density at radius 1 is 1.12 bits per heavy atom. The van der Waals surface area contributed by atoms with Gasteiger partial charge in [-0.05, 0) is 42.0 Å². The summed E-state index contributed by atoms with van der Waals surface area (Å²) in [4.78, 5) is -0.742. The zero-order chi connectivity index (χ0) is 18.7. The highest BCUT2D eigenvalue weighted by molar-refractivity contribution is 7.90. The quantitative estimate of drug-likeness (QED) is 0.784. The summed E-state index contributed by atoms with van der Waals surface area (Å²) in [5.74, 6) is 0. The number of hydrogen-bond acceptors (Lipinski definition) is 3. The molecule has 0 radical (unpaired) electrons. The van der Waals surface area contributed by atoms with Crippen molar-refractivity contribution in [2.75, 3.05) is 11.6 Å². The molecule has 0 bridgehead atoms. The predicted octanol–water partition coefficient (Wildman–Crippen LogP) is 3.60. The molecule has 0 fully saturated rings. The Balaban J connectivity index is 2.14. The van der Waals surface area contributed by atoms with Gasteiger partial charge in [-0.15, -0.1) is 0 Å². The highest BCUT2D eigenvalue weighted by Crippen LogP contribution is 2.34. The smallest absolute Gasteiger partial charge is 0.358 e. The average molecular weight is 388 g/mol. The van der Waals surface area contributed by atoms with Crippen LogP contribution >= 0.6 is 12.2 Å². The normalized spacial score (nSPS) is 11.8. The Kier molecular flexibility index (Phi) is 5.69. The van der Waals surface area contributed by atoms with E-state index in [1.807, 2.05) is 18.2 Å². The third-order valence-electron chi connectivity index (χ3n) is 3.23. The van der Waals surface area contributed by atoms with Crippen LogP contribution < -0.4 is 10.6 Å². The lowest BCUT2D eigenvalue weighted by atomic mass is 10.1. The van der Waals surface area contributed by atoms with Gasteiger partial charge in [0.25, 0.3) is 0 Å². The molecule has 0 aromatic heterocycles. The van der Waals surface area contributed by atoms with Crippen LogP contribution in [0.5, 0.6) is 0 Å². The van der Waals surface area contributed by atoms with Crippen LogP contribution in [-0.2, 0) is 22.6 Å². The van der Waals surface area contributed by atoms with Crippen LogP contribution in [0.1, 0.15) is 11.1 Å². The van der Waals surface area contributed by atoms with Crippen molar-refractivity contribution in [2.24, 2.45) is 0 Å². The molecular weight excluding hydrogens is 373 g/mol. The van der Waals surface area contributed by atoms with Gasteiger partial charge in [0.05, 0.1) is 10.5 Å². The number of alkyl halides is 3. The Hall–Kier alpha value is -2.13. The fourth-order valence-electron chi connectivity index (χ4n) is 2.11. The number of hydrogen-bond donors (Lipinski definition) is 2. The number of rotatable bonds is 4. The zero-order valence-corrected chi connectivity index (χ0v) is 14.7. The Morgan fingerprint density at radius 3 is 2.32 bits per heavy atom. The van der Waals surface area contributed by atoms with E-state index in [0.29, 0.717) is 0 Å². The standard InChI is InChI=1S/C16H15F3N2O2S2/c1-25(22,23)14-8-7-11(9-13(14)16(17,18)19)10-20-15(24)21-12-5-3-2-4-6-12/h2-9H,10H2,1H3,(H2,20,21,24). The molecule has 0 unspecified atom stereocenters. The van der Waals surface area contributed by atoms with E-state index in [1.54, 1.807) is 12.1 Å². The van der Waals surface area contributed by atoms with Gasteiger partial charge in [0.15, 0.2) is 14.9 Å². The fraction of sp³-hybridized carbons (Fsp3) is 0.188. The van der Waals surface area contributed by atoms with E-state index >= 15 is 0 Å². The van der Waals surface area contributed by atoms with Crippen LogP contribution in [0, 0.1) is 0 Å². The molecule has 2 N–H and O–H groups in total. The highest BCUT2D eigenvalue weighted by Gasteiger charge is 2.36. The van der Waals surface area contributed by atoms with Crippen molar-refractivity contribution in [1.29, 1.82) is 0 Å². The van der Waals surface area contributed by atoms with Crippen molar-refractivity contribution < 1.29 is 21.6 Å². The zero-order valence-electron chi connectivity index (χ0n) is 13.1. The number of anilines is 1. The van der Waals surface area contributed by atoms with Gasteiger partial charge in [0.1, 0.15) is 0 Å². The van der Waals surface area contributed by atoms with Gasteiger partial charge in [-0.3, -0.25) is 0 Å². The minimum absolute atomic E-state index is 0.0196. The number of halogens is 3. The summed E-state index contributed by atoms with van der Waals surface area (Å²) < 4.78 is 62.4. The Morgan fingerprint density at radius 2 is 1.76 bits per heavy atom. The van der Waals surface area contributed by atoms with Gasteiger partial charge >= 0.3 is 6.18 Å². The molecule has 2 rings (SSSR count). The lowest BCUT2D eigenvalue weighted by Crippen LogP contribution is -2.28. The third-order valence-corrected chi connectivity index (χ3v) is 4.63. The molecule has 2 aromatic rings. The topological polar surface area (TPSA) is 58.2 Å². The molecule has 0 saturated heterocycles. The first-order valence-corrected chi connectivity index (χ1v) is 9.37. The molecule has 0 spiro atoms. The lowest BCUT2D eigenvalue weighted by molar-refractivity contribution is -0.139. The number of nitrogens with one attached hydrogen (secondary N) is 2. The van der Waals surface area contributed by atoms with Crippen molar-refractivity contribution in [1.82, 2.24) is 5.32 Å². The SMILES string of the molecule is CS(=O)(=O)c1ccc(CNC(=S)Nc2ccccc2)cc1C(F)(F)F. The van der Waals surface area contributed by atoms with E-state index in [2.05, 4.69) is 10.6 Å². The maximum atomic E-state index is 13.1. The number of sulfone groups is 1. The summed E-state index contributed by atoms with van der Waals surface area (Å²) in [6, 6.07) is 12.1. The first kappa shape index (κ1) is 19.2. The highest BCUT2D eigenvalue weighted by atomic mass is 32.2. The van der Waals surface area contributed by atoms with Crippen LogP contribution in [0.3, 0.4) is 0 Å². The average Bonchev–Trinajstić information content (AvgIpc) is 2.52. The van der Waals surface area contributed by atoms with E-state index in [1.165, 1.54) is 6.07 Å². The minimum Gasteiger partial charge on any atom is -0.358 e. The first-order chi connectivity index (χ1) is 11.6. The molecule has 0 saturated carbocycles. The van der Waals surface area contributed by atoms with Crippen molar-refractivity contribution in [3.8, 4) is 0 Å². The minimum atomic E-state index is -4.77. The van der Waals surface area contributed by atoms with Crippen molar-refractivity contribution >= 4 is 32.9 Å². The maximum absolute atomic E-state index is 13.1. The molecule has 0 heterocycles. The molecule has 0 atom stereocenters. The molecular formula is C16H15F3N2O2S2. The van der Waals surface area contributed by atoms with Gasteiger partial charge in [-0.1, -0.05) is 24.3 Å². The van der Waals surface area contributed by atoms with Gasteiger partial charge in [-0.25, -0.2) is 8.42 Å². The molecule has 0 aliphatic rings. The van der Waals surface area contributed by atoms with Gasteiger partial charge < -0.3 is 10.6 Å². The fourth-order valence-corrected chi connectivity index (χ4v) is 3.19. The monoisotopic (exact) mass is 388 g/mol. The van der Waals surface area contributed by atoms with E-state index in [0.717, 1.165) is 24.1 Å². The Bertz CT molecular complexity index is 867. The summed E-state index contributed by atoms with van der Waals surface area (Å²) in [7, 11) is -3.98. The second-order valence-electron chi connectivity index (χ2n) is 5.27. The number of para-hydroxylation sites is 1. The molecule has 9 heteroatoms. The largest absolute Gasteiger partial charge is 0.417 e. The van der Waals surface area contributed by atoms with Crippen molar-refractivity contribution in [3.63, 3.8) is 0 Å². The molecule has 134 valence electrons. The molecule has 0 aliphatic carbocycles. The molecule has 4 nitrogen and oxygen atoms in total. The number of thiocarbonyl (C=S) groups is 1. The van der Waals surface area contributed by atoms with Gasteiger partial charge in [0, 0.05) is 18.5 Å². The van der Waals surface area contributed by atoms with Crippen LogP contribution in [0.4, 0.5) is 18.9 Å². The number of benzene rings is 2. The van der Waals surface area contributed by atoms with E-state index < -0.39 is 26.5 Å². The summed E-state index contributed by atoms with van der Waals surface area (Å²) in [6.45, 7) is 0.0196. The van der Waals surface area contributed by atoms with Crippen molar-refractivity contribution in [2.45, 2.75) is 17.6 Å². The summed E-state index contributed by atoms with van der Waals surface area (Å²) in [5, 5.41) is 5.93. The summed E-state index contributed by atoms with van der Waals surface area (Å²) in [5.41, 5.74) is -0.184. The van der Waals surface area contributed by atoms with Gasteiger partial charge in [-0.2, -0.15) is 13.2 Å². The second-order valence-corrected chi connectivity index (χ2v) is 7.67. The third kappa shape index (κ3) is 5.43. The molecule has 0 aliphatic heterocycles.